The summed E-state index contributed by atoms with van der Waals surface area (Å²) >= 11 is 0.923. The van der Waals surface area contributed by atoms with Crippen LogP contribution in [-0.4, -0.2) is 29.5 Å². The molecule has 0 aliphatic carbocycles. The number of hydrogen-bond donors (Lipinski definition) is 2. The van der Waals surface area contributed by atoms with Gasteiger partial charge in [-0.25, -0.2) is 4.79 Å². The molecule has 0 saturated heterocycles. The SMILES string of the molecule is COC(=O)[C@@H](N)SCO. The van der Waals surface area contributed by atoms with Gasteiger partial charge >= 0.3 is 5.97 Å². The van der Waals surface area contributed by atoms with Gasteiger partial charge < -0.3 is 15.6 Å². The zero-order valence-corrected chi connectivity index (χ0v) is 5.85. The lowest BCUT2D eigenvalue weighted by Crippen LogP contribution is -2.28. The molecule has 4 nitrogen and oxygen atoms in total. The summed E-state index contributed by atoms with van der Waals surface area (Å²) < 4.78 is 4.27. The van der Waals surface area contributed by atoms with Crippen LogP contribution in [0.3, 0.4) is 0 Å². The van der Waals surface area contributed by atoms with E-state index in [-0.39, 0.29) is 5.94 Å². The quantitative estimate of drug-likeness (QED) is 0.405. The Morgan fingerprint density at radius 2 is 2.56 bits per heavy atom. The summed E-state index contributed by atoms with van der Waals surface area (Å²) in [5.41, 5.74) is 5.17. The van der Waals surface area contributed by atoms with Crippen LogP contribution in [0.15, 0.2) is 0 Å². The standard InChI is InChI=1S/C4H9NO3S/c1-8-4(7)3(5)9-2-6/h3,6H,2,5H2,1H3/t3-/m0/s1. The van der Waals surface area contributed by atoms with Gasteiger partial charge in [-0.1, -0.05) is 0 Å². The maximum absolute atomic E-state index is 10.4. The third-order valence-corrected chi connectivity index (χ3v) is 1.39. The molecule has 54 valence electrons. The fourth-order valence-electron chi connectivity index (χ4n) is 0.264. The molecule has 0 heterocycles. The summed E-state index contributed by atoms with van der Waals surface area (Å²) in [6.45, 7) is 0. The topological polar surface area (TPSA) is 72.5 Å². The smallest absolute Gasteiger partial charge is 0.333 e. The molecule has 1 atom stereocenters. The number of aliphatic hydroxyl groups is 1. The van der Waals surface area contributed by atoms with Crippen molar-refractivity contribution in [1.29, 1.82) is 0 Å². The fourth-order valence-corrected chi connectivity index (χ4v) is 0.657. The van der Waals surface area contributed by atoms with Gasteiger partial charge in [-0.15, -0.1) is 11.8 Å². The molecule has 0 aromatic rings. The van der Waals surface area contributed by atoms with Crippen molar-refractivity contribution in [3.8, 4) is 0 Å². The average Bonchev–Trinajstić information content (AvgIpc) is 1.87. The maximum atomic E-state index is 10.4. The van der Waals surface area contributed by atoms with E-state index < -0.39 is 11.3 Å². The van der Waals surface area contributed by atoms with Gasteiger partial charge in [-0.05, 0) is 0 Å². The Balaban J connectivity index is 3.45. The minimum absolute atomic E-state index is 0.170. The minimum Gasteiger partial charge on any atom is -0.467 e. The zero-order valence-electron chi connectivity index (χ0n) is 5.03. The van der Waals surface area contributed by atoms with E-state index in [1.54, 1.807) is 0 Å². The Kier molecular flexibility index (Phi) is 4.47. The Morgan fingerprint density at radius 3 is 2.89 bits per heavy atom. The highest BCUT2D eigenvalue weighted by molar-refractivity contribution is 8.00. The largest absolute Gasteiger partial charge is 0.467 e. The highest BCUT2D eigenvalue weighted by atomic mass is 32.2. The van der Waals surface area contributed by atoms with Crippen LogP contribution < -0.4 is 5.73 Å². The van der Waals surface area contributed by atoms with Gasteiger partial charge in [0.1, 0.15) is 0 Å². The summed E-state index contributed by atoms with van der Waals surface area (Å²) in [5.74, 6) is -0.690. The van der Waals surface area contributed by atoms with Crippen molar-refractivity contribution in [3.63, 3.8) is 0 Å². The van der Waals surface area contributed by atoms with Crippen LogP contribution in [-0.2, 0) is 9.53 Å². The number of nitrogens with two attached hydrogens (primary N) is 1. The monoisotopic (exact) mass is 151 g/mol. The van der Waals surface area contributed by atoms with E-state index in [1.807, 2.05) is 0 Å². The van der Waals surface area contributed by atoms with Crippen LogP contribution in [0, 0.1) is 0 Å². The summed E-state index contributed by atoms with van der Waals surface area (Å²) in [4.78, 5) is 10.4. The molecule has 0 aromatic heterocycles. The Bertz CT molecular complexity index is 97.8. The molecule has 0 fully saturated rings. The number of hydrogen-bond acceptors (Lipinski definition) is 5. The normalized spacial score (nSPS) is 12.8. The Labute approximate surface area is 57.4 Å². The summed E-state index contributed by atoms with van der Waals surface area (Å²) in [5, 5.41) is 7.49. The Hall–Kier alpha value is -0.260. The van der Waals surface area contributed by atoms with E-state index >= 15 is 0 Å². The number of carbonyl (C=O) groups excluding carboxylic acids is 1. The molecule has 0 aromatic carbocycles. The number of rotatable bonds is 3. The summed E-state index contributed by atoms with van der Waals surface area (Å²) in [6.07, 6.45) is 0. The van der Waals surface area contributed by atoms with Crippen molar-refractivity contribution in [2.45, 2.75) is 5.37 Å². The molecule has 0 saturated carbocycles. The average molecular weight is 151 g/mol. The lowest BCUT2D eigenvalue weighted by Gasteiger charge is -2.04. The molecule has 9 heavy (non-hydrogen) atoms. The third kappa shape index (κ3) is 3.34. The molecule has 0 aliphatic rings. The first-order chi connectivity index (χ1) is 4.22. The zero-order chi connectivity index (χ0) is 7.28. The van der Waals surface area contributed by atoms with Gasteiger partial charge in [0.15, 0.2) is 5.37 Å². The van der Waals surface area contributed by atoms with Crippen LogP contribution in [0.1, 0.15) is 0 Å². The minimum atomic E-state index is -0.764. The van der Waals surface area contributed by atoms with Crippen molar-refractivity contribution >= 4 is 17.7 Å². The molecular formula is C4H9NO3S. The van der Waals surface area contributed by atoms with Crippen molar-refractivity contribution in [1.82, 2.24) is 0 Å². The van der Waals surface area contributed by atoms with E-state index in [0.717, 1.165) is 11.8 Å². The van der Waals surface area contributed by atoms with Crippen LogP contribution in [0.4, 0.5) is 0 Å². The van der Waals surface area contributed by atoms with Crippen molar-refractivity contribution in [3.05, 3.63) is 0 Å². The second kappa shape index (κ2) is 4.60. The highest BCUT2D eigenvalue weighted by Crippen LogP contribution is 2.03. The number of carbonyl (C=O) groups is 1. The van der Waals surface area contributed by atoms with Gasteiger partial charge in [-0.3, -0.25) is 0 Å². The predicted octanol–water partition coefficient (Wildman–Crippen LogP) is -0.873. The van der Waals surface area contributed by atoms with Crippen molar-refractivity contribution in [2.24, 2.45) is 5.73 Å². The molecule has 5 heteroatoms. The van der Waals surface area contributed by atoms with Gasteiger partial charge in [0.2, 0.25) is 0 Å². The number of ether oxygens (including phenoxy) is 1. The molecule has 0 amide bonds. The number of aliphatic hydroxyl groups excluding tert-OH is 1. The van der Waals surface area contributed by atoms with E-state index in [4.69, 9.17) is 10.8 Å². The molecule has 0 spiro atoms. The third-order valence-electron chi connectivity index (χ3n) is 0.688. The fraction of sp³-hybridized carbons (Fsp3) is 0.750. The maximum Gasteiger partial charge on any atom is 0.333 e. The molecule has 0 unspecified atom stereocenters. The van der Waals surface area contributed by atoms with E-state index in [1.165, 1.54) is 7.11 Å². The van der Waals surface area contributed by atoms with Gasteiger partial charge in [-0.2, -0.15) is 0 Å². The second-order valence-electron chi connectivity index (χ2n) is 1.24. The van der Waals surface area contributed by atoms with E-state index in [9.17, 15) is 4.79 Å². The summed E-state index contributed by atoms with van der Waals surface area (Å²) in [6, 6.07) is 0. The molecule has 0 aliphatic heterocycles. The summed E-state index contributed by atoms with van der Waals surface area (Å²) in [7, 11) is 1.25. The van der Waals surface area contributed by atoms with Gasteiger partial charge in [0.25, 0.3) is 0 Å². The van der Waals surface area contributed by atoms with Crippen molar-refractivity contribution in [2.75, 3.05) is 13.0 Å². The lowest BCUT2D eigenvalue weighted by atomic mass is 10.7. The van der Waals surface area contributed by atoms with Crippen LogP contribution in [0.2, 0.25) is 0 Å². The van der Waals surface area contributed by atoms with Crippen LogP contribution in [0.5, 0.6) is 0 Å². The van der Waals surface area contributed by atoms with Crippen LogP contribution >= 0.6 is 11.8 Å². The van der Waals surface area contributed by atoms with Gasteiger partial charge in [0.05, 0.1) is 13.0 Å². The molecular weight excluding hydrogens is 142 g/mol. The van der Waals surface area contributed by atoms with Crippen LogP contribution in [0.25, 0.3) is 0 Å². The first-order valence-electron chi connectivity index (χ1n) is 2.28. The Morgan fingerprint density at radius 1 is 2.00 bits per heavy atom. The lowest BCUT2D eigenvalue weighted by molar-refractivity contribution is -0.139. The van der Waals surface area contributed by atoms with E-state index in [0.29, 0.717) is 0 Å². The second-order valence-corrected chi connectivity index (χ2v) is 2.34. The molecule has 0 bridgehead atoms. The molecule has 0 rings (SSSR count). The first-order valence-corrected chi connectivity index (χ1v) is 3.33. The molecule has 0 radical (unpaired) electrons. The number of esters is 1. The predicted molar refractivity (Wildman–Crippen MR) is 34.7 cm³/mol. The van der Waals surface area contributed by atoms with Gasteiger partial charge in [0, 0.05) is 0 Å². The first kappa shape index (κ1) is 8.74. The van der Waals surface area contributed by atoms with E-state index in [2.05, 4.69) is 4.74 Å². The number of thioether (sulfide) groups is 1. The highest BCUT2D eigenvalue weighted by Gasteiger charge is 2.11. The molecule has 3 N–H and O–H groups in total. The number of methoxy groups -OCH3 is 1. The van der Waals surface area contributed by atoms with Crippen molar-refractivity contribution < 1.29 is 14.6 Å².